The molecule has 8 rings (SSSR count). The van der Waals surface area contributed by atoms with E-state index in [4.69, 9.17) is 4.74 Å². The number of aromatic nitrogens is 2. The van der Waals surface area contributed by atoms with Crippen LogP contribution in [0.3, 0.4) is 0 Å². The second kappa shape index (κ2) is 15.6. The first-order chi connectivity index (χ1) is 28.0. The molecule has 14 heteroatoms. The van der Waals surface area contributed by atoms with E-state index in [1.165, 1.54) is 23.2 Å². The zero-order valence-corrected chi connectivity index (χ0v) is 31.7. The number of nitrogens with zero attached hydrogens (tertiary/aromatic N) is 3. The maximum atomic E-state index is 14.7. The predicted octanol–water partition coefficient (Wildman–Crippen LogP) is 6.57. The predicted molar refractivity (Wildman–Crippen MR) is 211 cm³/mol. The molecule has 1 atom stereocenters. The molecule has 3 aromatic carbocycles. The molecule has 0 aliphatic carbocycles. The monoisotopic (exact) mass is 784 g/mol. The van der Waals surface area contributed by atoms with Gasteiger partial charge < -0.3 is 24.8 Å². The van der Waals surface area contributed by atoms with E-state index >= 15 is 0 Å². The van der Waals surface area contributed by atoms with Gasteiger partial charge in [-0.3, -0.25) is 34.3 Å². The Kier molecular flexibility index (Phi) is 10.2. The summed E-state index contributed by atoms with van der Waals surface area (Å²) < 4.78 is 35.5. The molecule has 4 amide bonds. The number of alkyl halides is 2. The molecule has 294 valence electrons. The van der Waals surface area contributed by atoms with Gasteiger partial charge in [0, 0.05) is 82.7 Å². The number of benzene rings is 3. The van der Waals surface area contributed by atoms with Crippen LogP contribution in [-0.2, 0) is 16.1 Å². The lowest BCUT2D eigenvalue weighted by Gasteiger charge is -2.33. The SMILES string of the molecule is CC(C)c1cc(N2CCOc3cc(-c4ccc(C(=O)NCCC#Cc5cccc6c5CN(C5CCC(=O)NC5=O)C6=O)nc4)c(C(F)F)cc32)cc2c(C=O)c[nH]c12. The zero-order chi connectivity index (χ0) is 40.7. The highest BCUT2D eigenvalue weighted by Gasteiger charge is 2.39. The molecule has 5 heterocycles. The van der Waals surface area contributed by atoms with Gasteiger partial charge >= 0.3 is 0 Å². The van der Waals surface area contributed by atoms with Crippen LogP contribution in [0.1, 0.15) is 98.9 Å². The molecular weight excluding hydrogens is 747 g/mol. The van der Waals surface area contributed by atoms with Crippen molar-refractivity contribution in [2.45, 2.75) is 58.0 Å². The van der Waals surface area contributed by atoms with Crippen LogP contribution in [0.5, 0.6) is 5.75 Å². The van der Waals surface area contributed by atoms with Gasteiger partial charge in [0.2, 0.25) is 11.8 Å². The van der Waals surface area contributed by atoms with Crippen LogP contribution in [0.25, 0.3) is 22.0 Å². The van der Waals surface area contributed by atoms with E-state index in [1.54, 1.807) is 36.5 Å². The second-order valence-electron chi connectivity index (χ2n) is 14.7. The molecule has 1 fully saturated rings. The molecule has 12 nitrogen and oxygen atoms in total. The molecule has 0 spiro atoms. The molecule has 1 saturated heterocycles. The standard InChI is InChI=1S/C44H38F2N6O6/c1-24(2)30-16-28(17-32-27(23-53)21-49-40(30)32)51-14-15-58-38-19-31(33(41(45)46)18-37(38)51)26-9-10-35(48-20-26)42(55)47-13-4-3-6-25-7-5-8-29-34(25)22-52(44(29)57)36-11-12-39(54)50-43(36)56/h5,7-10,16-21,23-24,36,41,49H,4,11-15,22H2,1-2H3,(H,47,55)(H,50,54,56). The fourth-order valence-electron chi connectivity index (χ4n) is 7.83. The number of rotatable bonds is 9. The molecule has 5 aromatic rings. The first-order valence-corrected chi connectivity index (χ1v) is 19.0. The smallest absolute Gasteiger partial charge is 0.269 e. The Morgan fingerprint density at radius 2 is 1.93 bits per heavy atom. The van der Waals surface area contributed by atoms with Crippen LogP contribution in [0.2, 0.25) is 0 Å². The Labute approximate surface area is 332 Å². The average Bonchev–Trinajstić information content (AvgIpc) is 3.80. The van der Waals surface area contributed by atoms with Crippen molar-refractivity contribution in [3.05, 3.63) is 106 Å². The molecule has 1 unspecified atom stereocenters. The van der Waals surface area contributed by atoms with Crippen molar-refractivity contribution in [2.75, 3.05) is 24.6 Å². The van der Waals surface area contributed by atoms with E-state index in [0.717, 1.165) is 28.4 Å². The largest absolute Gasteiger partial charge is 0.490 e. The number of fused-ring (bicyclic) bond motifs is 3. The second-order valence-corrected chi connectivity index (χ2v) is 14.7. The third-order valence-corrected chi connectivity index (χ3v) is 10.8. The lowest BCUT2D eigenvalue weighted by atomic mass is 9.96. The van der Waals surface area contributed by atoms with Gasteiger partial charge in [-0.15, -0.1) is 0 Å². The minimum atomic E-state index is -2.82. The third-order valence-electron chi connectivity index (χ3n) is 10.8. The number of ether oxygens (including phenoxy) is 1. The van der Waals surface area contributed by atoms with Gasteiger partial charge in [-0.1, -0.05) is 37.8 Å². The molecular formula is C44H38F2N6O6. The summed E-state index contributed by atoms with van der Waals surface area (Å²) in [5.41, 5.74) is 5.93. The topological polar surface area (TPSA) is 154 Å². The first-order valence-electron chi connectivity index (χ1n) is 19.0. The molecule has 0 radical (unpaired) electrons. The van der Waals surface area contributed by atoms with E-state index in [2.05, 4.69) is 46.3 Å². The number of carbonyl (C=O) groups is 5. The van der Waals surface area contributed by atoms with Crippen molar-refractivity contribution in [3.63, 3.8) is 0 Å². The molecule has 3 aliphatic rings. The number of pyridine rings is 1. The number of H-pyrrole nitrogens is 1. The zero-order valence-electron chi connectivity index (χ0n) is 31.7. The van der Waals surface area contributed by atoms with E-state index in [0.29, 0.717) is 52.4 Å². The first kappa shape index (κ1) is 38.0. The average molecular weight is 785 g/mol. The van der Waals surface area contributed by atoms with Gasteiger partial charge in [-0.05, 0) is 71.5 Å². The number of nitrogens with one attached hydrogen (secondary N) is 3. The third kappa shape index (κ3) is 7.04. The molecule has 2 aromatic heterocycles. The minimum Gasteiger partial charge on any atom is -0.490 e. The van der Waals surface area contributed by atoms with Crippen molar-refractivity contribution in [3.8, 4) is 28.7 Å². The summed E-state index contributed by atoms with van der Waals surface area (Å²) in [6.07, 6.45) is 1.74. The summed E-state index contributed by atoms with van der Waals surface area (Å²) >= 11 is 0. The van der Waals surface area contributed by atoms with Crippen LogP contribution >= 0.6 is 0 Å². The Morgan fingerprint density at radius 1 is 1.09 bits per heavy atom. The lowest BCUT2D eigenvalue weighted by Crippen LogP contribution is -2.52. The fourth-order valence-corrected chi connectivity index (χ4v) is 7.83. The van der Waals surface area contributed by atoms with E-state index in [1.807, 2.05) is 17.0 Å². The van der Waals surface area contributed by atoms with Gasteiger partial charge in [0.15, 0.2) is 6.29 Å². The van der Waals surface area contributed by atoms with Crippen LogP contribution in [-0.4, -0.2) is 70.5 Å². The van der Waals surface area contributed by atoms with Crippen LogP contribution in [0.15, 0.2) is 67.0 Å². The van der Waals surface area contributed by atoms with Crippen molar-refractivity contribution >= 4 is 52.2 Å². The quantitative estimate of drug-likeness (QED) is 0.0657. The molecule has 0 saturated carbocycles. The van der Waals surface area contributed by atoms with E-state index in [-0.39, 0.29) is 66.9 Å². The van der Waals surface area contributed by atoms with Gasteiger partial charge in [0.05, 0.1) is 12.2 Å². The lowest BCUT2D eigenvalue weighted by molar-refractivity contribution is -0.136. The number of anilines is 2. The van der Waals surface area contributed by atoms with Crippen molar-refractivity contribution in [1.29, 1.82) is 0 Å². The molecule has 3 aliphatic heterocycles. The molecule has 3 N–H and O–H groups in total. The number of hydrogen-bond donors (Lipinski definition) is 3. The number of piperidine rings is 1. The van der Waals surface area contributed by atoms with Gasteiger partial charge in [-0.2, -0.15) is 0 Å². The highest BCUT2D eigenvalue weighted by atomic mass is 19.3. The number of hydrogen-bond acceptors (Lipinski definition) is 8. The Hall–Kier alpha value is -6.88. The van der Waals surface area contributed by atoms with Gasteiger partial charge in [0.1, 0.15) is 24.1 Å². The summed E-state index contributed by atoms with van der Waals surface area (Å²) in [5, 5.41) is 5.83. The minimum absolute atomic E-state index is 0.0967. The summed E-state index contributed by atoms with van der Waals surface area (Å²) in [4.78, 5) is 72.8. The van der Waals surface area contributed by atoms with Gasteiger partial charge in [-0.25, -0.2) is 8.78 Å². The number of carbonyl (C=O) groups excluding carboxylic acids is 5. The van der Waals surface area contributed by atoms with Crippen molar-refractivity contribution < 1.29 is 37.5 Å². The van der Waals surface area contributed by atoms with Crippen molar-refractivity contribution in [1.82, 2.24) is 25.5 Å². The van der Waals surface area contributed by atoms with Crippen molar-refractivity contribution in [2.24, 2.45) is 0 Å². The maximum absolute atomic E-state index is 14.7. The normalized spacial score (nSPS) is 16.2. The van der Waals surface area contributed by atoms with Crippen LogP contribution in [0, 0.1) is 11.8 Å². The Morgan fingerprint density at radius 3 is 2.67 bits per heavy atom. The highest BCUT2D eigenvalue weighted by Crippen LogP contribution is 2.45. The number of aldehydes is 1. The van der Waals surface area contributed by atoms with E-state index < -0.39 is 24.3 Å². The molecule has 58 heavy (non-hydrogen) atoms. The summed E-state index contributed by atoms with van der Waals surface area (Å²) in [6.45, 7) is 5.23. The molecule has 0 bridgehead atoms. The Balaban J connectivity index is 0.947. The van der Waals surface area contributed by atoms with E-state index in [9.17, 15) is 32.8 Å². The number of imide groups is 1. The fraction of sp³-hybridized carbons (Fsp3) is 0.273. The number of halogens is 2. The van der Waals surface area contributed by atoms with Crippen LogP contribution < -0.4 is 20.3 Å². The summed E-state index contributed by atoms with van der Waals surface area (Å²) in [5.74, 6) is 5.07. The summed E-state index contributed by atoms with van der Waals surface area (Å²) in [6, 6.07) is 14.4. The van der Waals surface area contributed by atoms with Crippen LogP contribution in [0.4, 0.5) is 20.2 Å². The maximum Gasteiger partial charge on any atom is 0.269 e. The number of amides is 4. The number of aromatic amines is 1. The van der Waals surface area contributed by atoms with Gasteiger partial charge in [0.25, 0.3) is 18.2 Å². The summed E-state index contributed by atoms with van der Waals surface area (Å²) in [7, 11) is 0. The Bertz CT molecular complexity index is 2570. The highest BCUT2D eigenvalue weighted by molar-refractivity contribution is 6.06.